The largest absolute Gasteiger partial charge is 0.417 e. The number of alkyl halides is 3. The molecule has 44 heavy (non-hydrogen) atoms. The van der Waals surface area contributed by atoms with Crippen molar-refractivity contribution in [2.75, 3.05) is 21.5 Å². The average Bonchev–Trinajstić information content (AvgIpc) is 2.96. The van der Waals surface area contributed by atoms with E-state index in [9.17, 15) is 31.2 Å². The van der Waals surface area contributed by atoms with Crippen LogP contribution in [0.1, 0.15) is 42.3 Å². The van der Waals surface area contributed by atoms with Crippen molar-refractivity contribution in [3.63, 3.8) is 0 Å². The van der Waals surface area contributed by atoms with Gasteiger partial charge in [0.2, 0.25) is 5.91 Å². The van der Waals surface area contributed by atoms with Gasteiger partial charge >= 0.3 is 6.18 Å². The van der Waals surface area contributed by atoms with Crippen molar-refractivity contribution in [1.82, 2.24) is 0 Å². The van der Waals surface area contributed by atoms with Gasteiger partial charge in [-0.2, -0.15) is 13.2 Å². The maximum absolute atomic E-state index is 13.6. The van der Waals surface area contributed by atoms with Crippen LogP contribution in [-0.4, -0.2) is 26.8 Å². The Morgan fingerprint density at radius 3 is 2.00 bits per heavy atom. The summed E-state index contributed by atoms with van der Waals surface area (Å²) in [6.07, 6.45) is -4.86. The van der Waals surface area contributed by atoms with Crippen LogP contribution in [0.4, 0.5) is 30.2 Å². The van der Waals surface area contributed by atoms with Crippen molar-refractivity contribution in [2.45, 2.75) is 37.3 Å². The Hall–Kier alpha value is -4.35. The molecule has 0 aromatic heterocycles. The first-order valence-electron chi connectivity index (χ1n) is 13.3. The van der Waals surface area contributed by atoms with E-state index in [2.05, 4.69) is 31.4 Å². The fraction of sp³-hybridized carbons (Fsp3) is 0.188. The molecule has 0 aliphatic heterocycles. The van der Waals surface area contributed by atoms with Crippen molar-refractivity contribution >= 4 is 50.5 Å². The quantitative estimate of drug-likeness (QED) is 0.205. The zero-order chi connectivity index (χ0) is 32.3. The van der Waals surface area contributed by atoms with Crippen LogP contribution in [0.5, 0.6) is 0 Å². The number of carbonyl (C=O) groups is 2. The summed E-state index contributed by atoms with van der Waals surface area (Å²) in [5.74, 6) is -1.22. The zero-order valence-corrected chi connectivity index (χ0v) is 25.5. The Kier molecular flexibility index (Phi) is 9.41. The van der Waals surface area contributed by atoms with E-state index >= 15 is 0 Å². The van der Waals surface area contributed by atoms with Crippen molar-refractivity contribution in [3.05, 3.63) is 119 Å². The molecule has 2 amide bonds. The second-order valence-electron chi connectivity index (χ2n) is 10.9. The van der Waals surface area contributed by atoms with Gasteiger partial charge in [-0.3, -0.25) is 13.9 Å². The monoisotopic (exact) mass is 643 g/mol. The molecule has 0 aliphatic rings. The fourth-order valence-corrected chi connectivity index (χ4v) is 5.91. The minimum atomic E-state index is -4.86. The normalized spacial score (nSPS) is 12.0. The molecule has 230 valence electrons. The molecule has 4 aromatic rings. The van der Waals surface area contributed by atoms with E-state index in [1.54, 1.807) is 30.3 Å². The van der Waals surface area contributed by atoms with Gasteiger partial charge in [0, 0.05) is 16.9 Å². The molecule has 2 N–H and O–H groups in total. The third-order valence-electron chi connectivity index (χ3n) is 6.58. The van der Waals surface area contributed by atoms with Crippen LogP contribution >= 0.6 is 11.6 Å². The Morgan fingerprint density at radius 2 is 1.41 bits per heavy atom. The number of rotatable bonds is 8. The van der Waals surface area contributed by atoms with Gasteiger partial charge in [0.15, 0.2) is 0 Å². The maximum Gasteiger partial charge on any atom is 0.417 e. The number of carbonyl (C=O) groups excluding carboxylic acids is 2. The van der Waals surface area contributed by atoms with E-state index < -0.39 is 44.9 Å². The zero-order valence-electron chi connectivity index (χ0n) is 23.9. The third-order valence-corrected chi connectivity index (χ3v) is 8.70. The first-order chi connectivity index (χ1) is 20.6. The van der Waals surface area contributed by atoms with E-state index in [0.717, 1.165) is 17.7 Å². The number of amides is 2. The Bertz CT molecular complexity index is 1770. The summed E-state index contributed by atoms with van der Waals surface area (Å²) < 4.78 is 68.5. The van der Waals surface area contributed by atoms with Gasteiger partial charge in [0.1, 0.15) is 6.54 Å². The predicted octanol–water partition coefficient (Wildman–Crippen LogP) is 7.74. The molecule has 12 heteroatoms. The van der Waals surface area contributed by atoms with Gasteiger partial charge in [-0.05, 0) is 71.6 Å². The van der Waals surface area contributed by atoms with Gasteiger partial charge in [0.05, 0.1) is 21.2 Å². The average molecular weight is 644 g/mol. The van der Waals surface area contributed by atoms with Gasteiger partial charge in [-0.25, -0.2) is 8.42 Å². The minimum absolute atomic E-state index is 0.0776. The Labute approximate surface area is 258 Å². The molecule has 0 saturated heterocycles. The summed E-state index contributed by atoms with van der Waals surface area (Å²) in [7, 11) is -4.48. The van der Waals surface area contributed by atoms with E-state index in [0.29, 0.717) is 21.6 Å². The molecule has 0 radical (unpaired) electrons. The second kappa shape index (κ2) is 12.7. The molecule has 7 nitrogen and oxygen atoms in total. The molecular weight excluding hydrogens is 615 g/mol. The predicted molar refractivity (Wildman–Crippen MR) is 166 cm³/mol. The number of sulfonamides is 1. The molecule has 0 unspecified atom stereocenters. The molecule has 4 aromatic carbocycles. The van der Waals surface area contributed by atoms with Crippen LogP contribution in [-0.2, 0) is 26.4 Å². The van der Waals surface area contributed by atoms with E-state index in [1.165, 1.54) is 36.4 Å². The van der Waals surface area contributed by atoms with Gasteiger partial charge in [-0.1, -0.05) is 68.8 Å². The highest BCUT2D eigenvalue weighted by atomic mass is 35.5. The van der Waals surface area contributed by atoms with E-state index in [1.807, 2.05) is 12.1 Å². The standard InChI is InChI=1S/C32H29ClF3N3O4S/c1-31(2,3)22-14-12-21(13-15-22)30(41)38-24-9-7-8-23(18-24)37-29(40)20-39(44(42,43)26-10-5-4-6-11-26)25-16-17-28(33)27(19-25)32(34,35)36/h4-19H,20H2,1-3H3,(H,37,40)(H,38,41). The Balaban J connectivity index is 1.56. The van der Waals surface area contributed by atoms with Gasteiger partial charge in [0.25, 0.3) is 15.9 Å². The van der Waals surface area contributed by atoms with Crippen LogP contribution in [0, 0.1) is 0 Å². The first-order valence-corrected chi connectivity index (χ1v) is 15.1. The third kappa shape index (κ3) is 7.78. The second-order valence-corrected chi connectivity index (χ2v) is 13.2. The number of halogens is 4. The summed E-state index contributed by atoms with van der Waals surface area (Å²) in [4.78, 5) is 25.7. The summed E-state index contributed by atoms with van der Waals surface area (Å²) in [5.41, 5.74) is 0.340. The van der Waals surface area contributed by atoms with Crippen LogP contribution < -0.4 is 14.9 Å². The summed E-state index contributed by atoms with van der Waals surface area (Å²) in [6.45, 7) is 5.33. The number of hydrogen-bond donors (Lipinski definition) is 2. The number of hydrogen-bond acceptors (Lipinski definition) is 4. The van der Waals surface area contributed by atoms with Crippen molar-refractivity contribution < 1.29 is 31.2 Å². The molecule has 0 saturated carbocycles. The number of nitrogens with zero attached hydrogens (tertiary/aromatic N) is 1. The molecule has 0 heterocycles. The topological polar surface area (TPSA) is 95.6 Å². The number of anilines is 3. The van der Waals surface area contributed by atoms with E-state index in [-0.39, 0.29) is 21.9 Å². The molecular formula is C32H29ClF3N3O4S. The minimum Gasteiger partial charge on any atom is -0.324 e. The number of benzene rings is 4. The lowest BCUT2D eigenvalue weighted by atomic mass is 9.87. The van der Waals surface area contributed by atoms with Gasteiger partial charge < -0.3 is 10.6 Å². The van der Waals surface area contributed by atoms with E-state index in [4.69, 9.17) is 11.6 Å². The highest BCUT2D eigenvalue weighted by Crippen LogP contribution is 2.38. The van der Waals surface area contributed by atoms with Crippen LogP contribution in [0.25, 0.3) is 0 Å². The van der Waals surface area contributed by atoms with Crippen molar-refractivity contribution in [2.24, 2.45) is 0 Å². The molecule has 4 rings (SSSR count). The van der Waals surface area contributed by atoms with Crippen molar-refractivity contribution in [1.29, 1.82) is 0 Å². The SMILES string of the molecule is CC(C)(C)c1ccc(C(=O)Nc2cccc(NC(=O)CN(c3ccc(Cl)c(C(F)(F)F)c3)S(=O)(=O)c3ccccc3)c2)cc1. The lowest BCUT2D eigenvalue weighted by molar-refractivity contribution is -0.137. The summed E-state index contributed by atoms with van der Waals surface area (Å²) in [5, 5.41) is 4.69. The Morgan fingerprint density at radius 1 is 0.795 bits per heavy atom. The van der Waals surface area contributed by atoms with Gasteiger partial charge in [-0.15, -0.1) is 0 Å². The smallest absolute Gasteiger partial charge is 0.324 e. The van der Waals surface area contributed by atoms with Crippen LogP contribution in [0.3, 0.4) is 0 Å². The first kappa shape index (κ1) is 32.6. The molecule has 0 bridgehead atoms. The number of nitrogens with one attached hydrogen (secondary N) is 2. The fourth-order valence-electron chi connectivity index (χ4n) is 4.25. The summed E-state index contributed by atoms with van der Waals surface area (Å²) in [6, 6.07) is 23.0. The summed E-state index contributed by atoms with van der Waals surface area (Å²) >= 11 is 5.75. The highest BCUT2D eigenvalue weighted by molar-refractivity contribution is 7.92. The van der Waals surface area contributed by atoms with Crippen molar-refractivity contribution in [3.8, 4) is 0 Å². The lowest BCUT2D eigenvalue weighted by Gasteiger charge is -2.25. The molecule has 0 aliphatic carbocycles. The van der Waals surface area contributed by atoms with Crippen LogP contribution in [0.15, 0.2) is 102 Å². The maximum atomic E-state index is 13.6. The molecule has 0 spiro atoms. The highest BCUT2D eigenvalue weighted by Gasteiger charge is 2.35. The molecule has 0 fully saturated rings. The molecule has 0 atom stereocenters. The van der Waals surface area contributed by atoms with Crippen LogP contribution in [0.2, 0.25) is 5.02 Å². The lowest BCUT2D eigenvalue weighted by Crippen LogP contribution is -2.38.